The summed E-state index contributed by atoms with van der Waals surface area (Å²) in [5.74, 6) is 0.559. The number of hydrogen-bond donors (Lipinski definition) is 2. The van der Waals surface area contributed by atoms with Crippen LogP contribution in [-0.2, 0) is 0 Å². The lowest BCUT2D eigenvalue weighted by atomic mass is 10.4. The fraction of sp³-hybridized carbons (Fsp3) is 0.250. The first-order chi connectivity index (χ1) is 5.77. The maximum Gasteiger partial charge on any atom is 0.177 e. The molecule has 0 saturated heterocycles. The molecule has 0 radical (unpaired) electrons. The van der Waals surface area contributed by atoms with Crippen molar-refractivity contribution in [1.29, 1.82) is 0 Å². The lowest BCUT2D eigenvalue weighted by molar-refractivity contribution is 0.190. The molecular formula is C8H9N3O. The molecule has 4 heteroatoms. The van der Waals surface area contributed by atoms with Crippen LogP contribution in [0.5, 0.6) is 0 Å². The molecule has 0 aliphatic heterocycles. The number of fused-ring (bicyclic) bond motifs is 1. The molecule has 0 fully saturated rings. The van der Waals surface area contributed by atoms with Gasteiger partial charge in [-0.25, -0.2) is 9.97 Å². The van der Waals surface area contributed by atoms with Crippen LogP contribution in [0.4, 0.5) is 0 Å². The summed E-state index contributed by atoms with van der Waals surface area (Å²) in [5, 5.41) is 9.20. The smallest absolute Gasteiger partial charge is 0.177 e. The third-order valence-electron chi connectivity index (χ3n) is 1.67. The molecule has 0 spiro atoms. The Balaban J connectivity index is 2.62. The van der Waals surface area contributed by atoms with Crippen molar-refractivity contribution in [2.75, 3.05) is 0 Å². The molecule has 0 amide bonds. The van der Waals surface area contributed by atoms with E-state index in [9.17, 15) is 5.11 Å². The Morgan fingerprint density at radius 2 is 2.42 bits per heavy atom. The van der Waals surface area contributed by atoms with E-state index >= 15 is 0 Å². The molecule has 0 saturated carbocycles. The molecular weight excluding hydrogens is 154 g/mol. The van der Waals surface area contributed by atoms with Gasteiger partial charge in [0.1, 0.15) is 11.9 Å². The van der Waals surface area contributed by atoms with Gasteiger partial charge >= 0.3 is 0 Å². The molecule has 2 rings (SSSR count). The highest BCUT2D eigenvalue weighted by Gasteiger charge is 2.06. The molecule has 0 aromatic carbocycles. The van der Waals surface area contributed by atoms with Crippen molar-refractivity contribution in [3.8, 4) is 0 Å². The summed E-state index contributed by atoms with van der Waals surface area (Å²) in [6.45, 7) is 1.66. The predicted octanol–water partition coefficient (Wildman–Crippen LogP) is 1.01. The molecule has 62 valence electrons. The van der Waals surface area contributed by atoms with Gasteiger partial charge < -0.3 is 10.1 Å². The molecule has 0 aliphatic carbocycles. The second-order valence-corrected chi connectivity index (χ2v) is 2.67. The zero-order valence-electron chi connectivity index (χ0n) is 6.65. The summed E-state index contributed by atoms with van der Waals surface area (Å²) in [6, 6.07) is 3.70. The first kappa shape index (κ1) is 7.24. The van der Waals surface area contributed by atoms with Crippen molar-refractivity contribution in [3.63, 3.8) is 0 Å². The van der Waals surface area contributed by atoms with E-state index in [1.807, 2.05) is 12.1 Å². The number of nitrogens with zero attached hydrogens (tertiary/aromatic N) is 2. The molecule has 2 aromatic heterocycles. The van der Waals surface area contributed by atoms with Gasteiger partial charge in [-0.1, -0.05) is 0 Å². The van der Waals surface area contributed by atoms with E-state index in [0.717, 1.165) is 5.52 Å². The Hall–Kier alpha value is -1.42. The topological polar surface area (TPSA) is 61.8 Å². The first-order valence-electron chi connectivity index (χ1n) is 3.76. The minimum Gasteiger partial charge on any atom is -0.385 e. The van der Waals surface area contributed by atoms with Gasteiger partial charge in [0.2, 0.25) is 0 Å². The second kappa shape index (κ2) is 2.57. The van der Waals surface area contributed by atoms with Crippen LogP contribution in [0.1, 0.15) is 18.9 Å². The van der Waals surface area contributed by atoms with Crippen LogP contribution in [-0.4, -0.2) is 20.1 Å². The van der Waals surface area contributed by atoms with Crippen LogP contribution in [0.2, 0.25) is 0 Å². The van der Waals surface area contributed by atoms with Gasteiger partial charge in [-0.3, -0.25) is 0 Å². The lowest BCUT2D eigenvalue weighted by Crippen LogP contribution is -1.92. The Kier molecular flexibility index (Phi) is 1.55. The largest absolute Gasteiger partial charge is 0.385 e. The van der Waals surface area contributed by atoms with Crippen molar-refractivity contribution < 1.29 is 5.11 Å². The molecule has 2 N–H and O–H groups in total. The van der Waals surface area contributed by atoms with E-state index in [0.29, 0.717) is 11.5 Å². The SMILES string of the molecule is C[C@@H](O)c1nc2ncccc2[nH]1. The maximum atomic E-state index is 9.20. The molecule has 1 atom stereocenters. The van der Waals surface area contributed by atoms with Crippen molar-refractivity contribution >= 4 is 11.2 Å². The Morgan fingerprint density at radius 1 is 1.58 bits per heavy atom. The highest BCUT2D eigenvalue weighted by atomic mass is 16.3. The molecule has 0 unspecified atom stereocenters. The van der Waals surface area contributed by atoms with E-state index in [-0.39, 0.29) is 0 Å². The van der Waals surface area contributed by atoms with Crippen LogP contribution in [0, 0.1) is 0 Å². The van der Waals surface area contributed by atoms with Crippen molar-refractivity contribution in [3.05, 3.63) is 24.2 Å². The summed E-state index contributed by atoms with van der Waals surface area (Å²) >= 11 is 0. The van der Waals surface area contributed by atoms with E-state index in [1.165, 1.54) is 0 Å². The average Bonchev–Trinajstić information content (AvgIpc) is 2.46. The molecule has 4 nitrogen and oxygen atoms in total. The number of aliphatic hydroxyl groups excluding tert-OH is 1. The zero-order chi connectivity index (χ0) is 8.55. The highest BCUT2D eigenvalue weighted by molar-refractivity contribution is 5.69. The number of aromatic amines is 1. The third-order valence-corrected chi connectivity index (χ3v) is 1.67. The lowest BCUT2D eigenvalue weighted by Gasteiger charge is -1.94. The molecule has 0 aliphatic rings. The Morgan fingerprint density at radius 3 is 3.08 bits per heavy atom. The van der Waals surface area contributed by atoms with E-state index in [2.05, 4.69) is 15.0 Å². The molecule has 2 heterocycles. The molecule has 12 heavy (non-hydrogen) atoms. The number of aromatic nitrogens is 3. The average molecular weight is 163 g/mol. The van der Waals surface area contributed by atoms with Crippen LogP contribution < -0.4 is 0 Å². The van der Waals surface area contributed by atoms with Gasteiger partial charge in [-0.2, -0.15) is 0 Å². The number of imidazole rings is 1. The fourth-order valence-electron chi connectivity index (χ4n) is 1.06. The summed E-state index contributed by atoms with van der Waals surface area (Å²) in [6.07, 6.45) is 1.11. The van der Waals surface area contributed by atoms with Gasteiger partial charge in [-0.05, 0) is 19.1 Å². The Bertz CT molecular complexity index is 361. The normalized spacial score (nSPS) is 13.5. The number of H-pyrrole nitrogens is 1. The van der Waals surface area contributed by atoms with Crippen molar-refractivity contribution in [2.45, 2.75) is 13.0 Å². The van der Waals surface area contributed by atoms with Gasteiger partial charge in [0, 0.05) is 6.20 Å². The van der Waals surface area contributed by atoms with E-state index in [1.54, 1.807) is 13.1 Å². The molecule has 0 bridgehead atoms. The van der Waals surface area contributed by atoms with Crippen molar-refractivity contribution in [1.82, 2.24) is 15.0 Å². The van der Waals surface area contributed by atoms with E-state index in [4.69, 9.17) is 0 Å². The van der Waals surface area contributed by atoms with E-state index < -0.39 is 6.10 Å². The van der Waals surface area contributed by atoms with Gasteiger partial charge in [0.05, 0.1) is 5.52 Å². The number of aliphatic hydroxyl groups is 1. The van der Waals surface area contributed by atoms with Gasteiger partial charge in [0.25, 0.3) is 0 Å². The molecule has 2 aromatic rings. The first-order valence-corrected chi connectivity index (χ1v) is 3.76. The minimum atomic E-state index is -0.570. The third kappa shape index (κ3) is 1.06. The minimum absolute atomic E-state index is 0.559. The standard InChI is InChI=1S/C8H9N3O/c1-5(12)7-10-6-3-2-4-9-8(6)11-7/h2-5,12H,1H3,(H,9,10,11)/t5-/m1/s1. The summed E-state index contributed by atoms with van der Waals surface area (Å²) in [4.78, 5) is 11.1. The monoisotopic (exact) mass is 163 g/mol. The quantitative estimate of drug-likeness (QED) is 0.659. The summed E-state index contributed by atoms with van der Waals surface area (Å²) < 4.78 is 0. The maximum absolute atomic E-state index is 9.20. The van der Waals surface area contributed by atoms with Crippen LogP contribution in [0.25, 0.3) is 11.2 Å². The summed E-state index contributed by atoms with van der Waals surface area (Å²) in [5.41, 5.74) is 1.50. The van der Waals surface area contributed by atoms with Gasteiger partial charge in [-0.15, -0.1) is 0 Å². The van der Waals surface area contributed by atoms with Gasteiger partial charge in [0.15, 0.2) is 5.65 Å². The van der Waals surface area contributed by atoms with Crippen LogP contribution >= 0.6 is 0 Å². The number of hydrogen-bond acceptors (Lipinski definition) is 3. The number of nitrogens with one attached hydrogen (secondary N) is 1. The predicted molar refractivity (Wildman–Crippen MR) is 44.5 cm³/mol. The summed E-state index contributed by atoms with van der Waals surface area (Å²) in [7, 11) is 0. The van der Waals surface area contributed by atoms with Crippen LogP contribution in [0.15, 0.2) is 18.3 Å². The Labute approximate surface area is 69.3 Å². The fourth-order valence-corrected chi connectivity index (χ4v) is 1.06. The number of rotatable bonds is 1. The highest BCUT2D eigenvalue weighted by Crippen LogP contribution is 2.12. The zero-order valence-corrected chi connectivity index (χ0v) is 6.65. The van der Waals surface area contributed by atoms with Crippen molar-refractivity contribution in [2.24, 2.45) is 0 Å². The second-order valence-electron chi connectivity index (χ2n) is 2.67. The number of pyridine rings is 1. The van der Waals surface area contributed by atoms with Crippen LogP contribution in [0.3, 0.4) is 0 Å².